The minimum Gasteiger partial charge on any atom is -0.323 e. The molecule has 0 heterocycles. The molecule has 0 aromatic heterocycles. The topological polar surface area (TPSA) is 38.0 Å². The summed E-state index contributed by atoms with van der Waals surface area (Å²) in [5.41, 5.74) is 10.8. The van der Waals surface area contributed by atoms with Gasteiger partial charge in [-0.2, -0.15) is 0 Å². The minimum absolute atomic E-state index is 0.0155. The van der Waals surface area contributed by atoms with E-state index >= 15 is 0 Å². The van der Waals surface area contributed by atoms with Gasteiger partial charge in [0.2, 0.25) is 0 Å². The highest BCUT2D eigenvalue weighted by Gasteiger charge is 2.45. The smallest absolute Gasteiger partial charge is 0.0500 e. The van der Waals surface area contributed by atoms with Crippen LogP contribution in [-0.2, 0) is 12.8 Å². The van der Waals surface area contributed by atoms with Crippen molar-refractivity contribution in [2.24, 2.45) is 5.73 Å². The van der Waals surface area contributed by atoms with Crippen LogP contribution in [0.4, 0.5) is 0 Å². The van der Waals surface area contributed by atoms with Crippen molar-refractivity contribution in [1.29, 1.82) is 0 Å². The fourth-order valence-corrected chi connectivity index (χ4v) is 2.99. The molecule has 1 atom stereocenters. The lowest BCUT2D eigenvalue weighted by atomic mass is 9.95. The van der Waals surface area contributed by atoms with E-state index in [1.807, 2.05) is 7.05 Å². The van der Waals surface area contributed by atoms with Gasteiger partial charge in [-0.25, -0.2) is 0 Å². The molecule has 1 aromatic rings. The number of hydrogen-bond donors (Lipinski definition) is 2. The van der Waals surface area contributed by atoms with E-state index in [9.17, 15) is 0 Å². The van der Waals surface area contributed by atoms with Gasteiger partial charge in [0.05, 0.1) is 6.04 Å². The van der Waals surface area contributed by atoms with E-state index in [1.165, 1.54) is 24.8 Å². The van der Waals surface area contributed by atoms with E-state index in [4.69, 9.17) is 5.73 Å². The highest BCUT2D eigenvalue weighted by Crippen LogP contribution is 2.43. The molecule has 0 radical (unpaired) electrons. The molecule has 1 aromatic carbocycles. The minimum atomic E-state index is 0.0155. The van der Waals surface area contributed by atoms with Crippen molar-refractivity contribution < 1.29 is 0 Å². The maximum Gasteiger partial charge on any atom is 0.0500 e. The van der Waals surface area contributed by atoms with Crippen LogP contribution in [0.3, 0.4) is 0 Å². The first-order chi connectivity index (χ1) is 7.73. The summed E-state index contributed by atoms with van der Waals surface area (Å²) in [7, 11) is 2.02. The molecule has 1 unspecified atom stereocenters. The van der Waals surface area contributed by atoms with Gasteiger partial charge in [0.25, 0.3) is 0 Å². The molecule has 3 rings (SSSR count). The lowest BCUT2D eigenvalue weighted by molar-refractivity contribution is 0.461. The highest BCUT2D eigenvalue weighted by molar-refractivity contribution is 5.38. The van der Waals surface area contributed by atoms with Crippen LogP contribution < -0.4 is 11.1 Å². The summed E-state index contributed by atoms with van der Waals surface area (Å²) in [6, 6.07) is 7.26. The lowest BCUT2D eigenvalue weighted by Gasteiger charge is -2.24. The monoisotopic (exact) mass is 216 g/mol. The fraction of sp³-hybridized carbons (Fsp3) is 0.571. The number of nitrogens with two attached hydrogens (primary N) is 1. The Morgan fingerprint density at radius 3 is 2.69 bits per heavy atom. The quantitative estimate of drug-likeness (QED) is 0.810. The van der Waals surface area contributed by atoms with Crippen LogP contribution in [0.5, 0.6) is 0 Å². The molecule has 1 saturated carbocycles. The normalized spacial score (nSPS) is 22.9. The summed E-state index contributed by atoms with van der Waals surface area (Å²) in [6.45, 7) is 0. The Kier molecular flexibility index (Phi) is 2.30. The molecule has 2 aliphatic rings. The van der Waals surface area contributed by atoms with Gasteiger partial charge in [-0.15, -0.1) is 0 Å². The molecule has 0 bridgehead atoms. The predicted octanol–water partition coefficient (Wildman–Crippen LogP) is 1.93. The first-order valence-corrected chi connectivity index (χ1v) is 6.31. The zero-order chi connectivity index (χ0) is 11.2. The maximum atomic E-state index is 6.32. The summed E-state index contributed by atoms with van der Waals surface area (Å²) in [4.78, 5) is 0. The van der Waals surface area contributed by atoms with Gasteiger partial charge in [0.1, 0.15) is 0 Å². The Labute approximate surface area is 97.2 Å². The number of likely N-dealkylation sites (N-methyl/N-ethyl adjacent to an activating group) is 1. The van der Waals surface area contributed by atoms with Gasteiger partial charge in [-0.3, -0.25) is 0 Å². The van der Waals surface area contributed by atoms with E-state index in [0.29, 0.717) is 6.04 Å². The lowest BCUT2D eigenvalue weighted by Crippen LogP contribution is -2.38. The van der Waals surface area contributed by atoms with Gasteiger partial charge < -0.3 is 11.1 Å². The van der Waals surface area contributed by atoms with Crippen molar-refractivity contribution in [1.82, 2.24) is 5.32 Å². The van der Waals surface area contributed by atoms with Gasteiger partial charge >= 0.3 is 0 Å². The maximum absolute atomic E-state index is 6.32. The number of benzene rings is 1. The molecule has 0 saturated heterocycles. The molecule has 2 heteroatoms. The third kappa shape index (κ3) is 1.57. The second-order valence-corrected chi connectivity index (χ2v) is 5.34. The first kappa shape index (κ1) is 10.3. The van der Waals surface area contributed by atoms with Gasteiger partial charge in [-0.05, 0) is 55.8 Å². The van der Waals surface area contributed by atoms with Crippen LogP contribution in [0.2, 0.25) is 0 Å². The van der Waals surface area contributed by atoms with E-state index in [0.717, 1.165) is 12.8 Å². The van der Waals surface area contributed by atoms with E-state index < -0.39 is 0 Å². The molecule has 2 nitrogen and oxygen atoms in total. The Morgan fingerprint density at radius 1 is 1.25 bits per heavy atom. The van der Waals surface area contributed by atoms with Gasteiger partial charge in [0, 0.05) is 5.54 Å². The van der Waals surface area contributed by atoms with Crippen LogP contribution >= 0.6 is 0 Å². The zero-order valence-corrected chi connectivity index (χ0v) is 9.92. The predicted molar refractivity (Wildman–Crippen MR) is 66.4 cm³/mol. The average Bonchev–Trinajstić information content (AvgIpc) is 2.86. The largest absolute Gasteiger partial charge is 0.323 e. The van der Waals surface area contributed by atoms with Crippen molar-refractivity contribution in [3.8, 4) is 0 Å². The summed E-state index contributed by atoms with van der Waals surface area (Å²) >= 11 is 0. The molecule has 0 aliphatic heterocycles. The summed E-state index contributed by atoms with van der Waals surface area (Å²) < 4.78 is 0. The Hall–Kier alpha value is -0.860. The number of rotatable bonds is 3. The number of hydrogen-bond acceptors (Lipinski definition) is 2. The second-order valence-electron chi connectivity index (χ2n) is 5.34. The third-order valence-electron chi connectivity index (χ3n) is 4.15. The zero-order valence-electron chi connectivity index (χ0n) is 9.92. The van der Waals surface area contributed by atoms with Gasteiger partial charge in [-0.1, -0.05) is 18.2 Å². The Morgan fingerprint density at radius 2 is 2.00 bits per heavy atom. The Bertz CT molecular complexity index is 407. The van der Waals surface area contributed by atoms with Crippen molar-refractivity contribution in [3.05, 3.63) is 34.9 Å². The molecular formula is C14H20N2. The summed E-state index contributed by atoms with van der Waals surface area (Å²) in [6.07, 6.45) is 6.12. The average molecular weight is 216 g/mol. The summed E-state index contributed by atoms with van der Waals surface area (Å²) in [5.74, 6) is 0. The van der Waals surface area contributed by atoms with Crippen molar-refractivity contribution in [3.63, 3.8) is 0 Å². The Balaban J connectivity index is 1.93. The van der Waals surface area contributed by atoms with Crippen LogP contribution in [0, 0.1) is 0 Å². The summed E-state index contributed by atoms with van der Waals surface area (Å²) in [5, 5.41) is 3.39. The SMILES string of the molecule is CNC(c1ccc2c(c1)CCC2)C1(N)CC1. The van der Waals surface area contributed by atoms with Crippen molar-refractivity contribution in [2.75, 3.05) is 7.05 Å². The molecule has 0 amide bonds. The van der Waals surface area contributed by atoms with E-state index in [1.54, 1.807) is 11.1 Å². The first-order valence-electron chi connectivity index (χ1n) is 6.31. The van der Waals surface area contributed by atoms with Crippen LogP contribution in [0.25, 0.3) is 0 Å². The van der Waals surface area contributed by atoms with Crippen LogP contribution in [0.15, 0.2) is 18.2 Å². The molecule has 16 heavy (non-hydrogen) atoms. The number of nitrogens with one attached hydrogen (secondary N) is 1. The van der Waals surface area contributed by atoms with Crippen molar-refractivity contribution >= 4 is 0 Å². The third-order valence-corrected chi connectivity index (χ3v) is 4.15. The highest BCUT2D eigenvalue weighted by atomic mass is 15.0. The molecule has 2 aliphatic carbocycles. The van der Waals surface area contributed by atoms with E-state index in [-0.39, 0.29) is 5.54 Å². The van der Waals surface area contributed by atoms with Crippen molar-refractivity contribution in [2.45, 2.75) is 43.7 Å². The van der Waals surface area contributed by atoms with E-state index in [2.05, 4.69) is 23.5 Å². The number of fused-ring (bicyclic) bond motifs is 1. The molecule has 0 spiro atoms. The molecule has 86 valence electrons. The molecule has 1 fully saturated rings. The standard InChI is InChI=1S/C14H20N2/c1-16-13(14(15)7-8-14)12-6-5-10-3-2-4-11(10)9-12/h5-6,9,13,16H,2-4,7-8,15H2,1H3. The molecule has 3 N–H and O–H groups in total. The number of aryl methyl sites for hydroxylation is 2. The van der Waals surface area contributed by atoms with Gasteiger partial charge in [0.15, 0.2) is 0 Å². The van der Waals surface area contributed by atoms with Crippen LogP contribution in [-0.4, -0.2) is 12.6 Å². The molecular weight excluding hydrogens is 196 g/mol. The van der Waals surface area contributed by atoms with Crippen LogP contribution in [0.1, 0.15) is 42.0 Å². The second kappa shape index (κ2) is 3.57. The fourth-order valence-electron chi connectivity index (χ4n) is 2.99.